The van der Waals surface area contributed by atoms with E-state index in [1.165, 1.54) is 12.5 Å². The van der Waals surface area contributed by atoms with Gasteiger partial charge < -0.3 is 4.74 Å². The highest BCUT2D eigenvalue weighted by Gasteiger charge is 2.32. The second-order valence-electron chi connectivity index (χ2n) is 5.78. The van der Waals surface area contributed by atoms with E-state index in [4.69, 9.17) is 4.74 Å². The van der Waals surface area contributed by atoms with Crippen molar-refractivity contribution in [3.8, 4) is 0 Å². The van der Waals surface area contributed by atoms with E-state index in [0.29, 0.717) is 0 Å². The van der Waals surface area contributed by atoms with Crippen molar-refractivity contribution in [3.63, 3.8) is 0 Å². The summed E-state index contributed by atoms with van der Waals surface area (Å²) in [6.07, 6.45) is 0.795. The van der Waals surface area contributed by atoms with Crippen LogP contribution in [-0.2, 0) is 14.9 Å². The first kappa shape index (κ1) is 13.8. The predicted octanol–water partition coefficient (Wildman–Crippen LogP) is 3.70. The van der Waals surface area contributed by atoms with E-state index >= 15 is 0 Å². The predicted molar refractivity (Wildman–Crippen MR) is 69.9 cm³/mol. The van der Waals surface area contributed by atoms with Gasteiger partial charge in [-0.15, -0.1) is 0 Å². The molecule has 0 N–H and O–H groups in total. The lowest BCUT2D eigenvalue weighted by molar-refractivity contribution is -0.155. The SMILES string of the molecule is CC(=O)OC(C)(C)CC(C)(C)c1ccccc1. The Bertz CT molecular complexity index is 377. The molecule has 1 rings (SSSR count). The lowest BCUT2D eigenvalue weighted by Crippen LogP contribution is -2.35. The van der Waals surface area contributed by atoms with Crippen LogP contribution in [0.1, 0.15) is 46.6 Å². The van der Waals surface area contributed by atoms with Crippen molar-refractivity contribution in [2.24, 2.45) is 0 Å². The molecule has 94 valence electrons. The summed E-state index contributed by atoms with van der Waals surface area (Å²) in [5, 5.41) is 0. The Morgan fingerprint density at radius 3 is 2.12 bits per heavy atom. The Labute approximate surface area is 104 Å². The fraction of sp³-hybridized carbons (Fsp3) is 0.533. The molecule has 0 heterocycles. The molecule has 0 saturated heterocycles. The van der Waals surface area contributed by atoms with Gasteiger partial charge in [-0.25, -0.2) is 0 Å². The van der Waals surface area contributed by atoms with Crippen molar-refractivity contribution in [2.45, 2.75) is 52.1 Å². The van der Waals surface area contributed by atoms with E-state index in [2.05, 4.69) is 26.0 Å². The molecule has 0 aliphatic heterocycles. The topological polar surface area (TPSA) is 26.3 Å². The van der Waals surface area contributed by atoms with E-state index < -0.39 is 5.60 Å². The molecule has 0 radical (unpaired) electrons. The standard InChI is InChI=1S/C15H22O2/c1-12(16)17-15(4,5)11-14(2,3)13-9-7-6-8-10-13/h6-10H,11H2,1-5H3. The molecule has 1 aromatic carbocycles. The molecule has 0 aliphatic rings. The summed E-state index contributed by atoms with van der Waals surface area (Å²) in [5.41, 5.74) is 0.811. The van der Waals surface area contributed by atoms with Gasteiger partial charge in [0, 0.05) is 6.92 Å². The molecule has 0 spiro atoms. The first-order valence-electron chi connectivity index (χ1n) is 5.98. The van der Waals surface area contributed by atoms with Crippen LogP contribution in [0.4, 0.5) is 0 Å². The molecule has 17 heavy (non-hydrogen) atoms. The third-order valence-corrected chi connectivity index (χ3v) is 2.84. The third-order valence-electron chi connectivity index (χ3n) is 2.84. The zero-order valence-electron chi connectivity index (χ0n) is 11.4. The number of esters is 1. The van der Waals surface area contributed by atoms with Crippen molar-refractivity contribution in [1.82, 2.24) is 0 Å². The molecule has 2 nitrogen and oxygen atoms in total. The lowest BCUT2D eigenvalue weighted by Gasteiger charge is -2.34. The molecular formula is C15H22O2. The number of carbonyl (C=O) groups excluding carboxylic acids is 1. The second kappa shape index (κ2) is 4.91. The molecule has 2 heteroatoms. The molecule has 0 saturated carbocycles. The maximum atomic E-state index is 11.1. The molecule has 0 aliphatic carbocycles. The van der Waals surface area contributed by atoms with E-state index in [9.17, 15) is 4.79 Å². The largest absolute Gasteiger partial charge is 0.460 e. The van der Waals surface area contributed by atoms with E-state index in [1.54, 1.807) is 0 Å². The van der Waals surface area contributed by atoms with Gasteiger partial charge in [0.2, 0.25) is 0 Å². The van der Waals surface area contributed by atoms with Gasteiger partial charge in [-0.1, -0.05) is 44.2 Å². The normalized spacial score (nSPS) is 12.3. The number of benzene rings is 1. The maximum absolute atomic E-state index is 11.1. The molecule has 1 aromatic rings. The smallest absolute Gasteiger partial charge is 0.303 e. The molecule has 0 aromatic heterocycles. The maximum Gasteiger partial charge on any atom is 0.303 e. The second-order valence-corrected chi connectivity index (χ2v) is 5.78. The van der Waals surface area contributed by atoms with Gasteiger partial charge in [-0.2, -0.15) is 0 Å². The highest BCUT2D eigenvalue weighted by atomic mass is 16.6. The van der Waals surface area contributed by atoms with Gasteiger partial charge in [-0.3, -0.25) is 4.79 Å². The molecular weight excluding hydrogens is 212 g/mol. The van der Waals surface area contributed by atoms with Crippen LogP contribution in [0.15, 0.2) is 30.3 Å². The van der Waals surface area contributed by atoms with Gasteiger partial charge in [0.15, 0.2) is 0 Å². The Morgan fingerprint density at radius 1 is 1.12 bits per heavy atom. The van der Waals surface area contributed by atoms with Crippen LogP contribution in [0, 0.1) is 0 Å². The summed E-state index contributed by atoms with van der Waals surface area (Å²) >= 11 is 0. The fourth-order valence-corrected chi connectivity index (χ4v) is 2.48. The van der Waals surface area contributed by atoms with Gasteiger partial charge in [0.05, 0.1) is 0 Å². The van der Waals surface area contributed by atoms with Crippen LogP contribution in [0.5, 0.6) is 0 Å². The average molecular weight is 234 g/mol. The third kappa shape index (κ3) is 4.22. The van der Waals surface area contributed by atoms with Gasteiger partial charge >= 0.3 is 5.97 Å². The summed E-state index contributed by atoms with van der Waals surface area (Å²) in [4.78, 5) is 11.1. The molecule has 0 atom stereocenters. The van der Waals surface area contributed by atoms with Crippen LogP contribution >= 0.6 is 0 Å². The van der Waals surface area contributed by atoms with Crippen molar-refractivity contribution < 1.29 is 9.53 Å². The molecule has 0 bridgehead atoms. The summed E-state index contributed by atoms with van der Waals surface area (Å²) < 4.78 is 5.36. The van der Waals surface area contributed by atoms with Crippen LogP contribution in [0.2, 0.25) is 0 Å². The first-order chi connectivity index (χ1) is 7.73. The average Bonchev–Trinajstić information content (AvgIpc) is 2.15. The van der Waals surface area contributed by atoms with Crippen molar-refractivity contribution in [2.75, 3.05) is 0 Å². The highest BCUT2D eigenvalue weighted by Crippen LogP contribution is 2.33. The Balaban J connectivity index is 2.83. The van der Waals surface area contributed by atoms with Crippen molar-refractivity contribution in [3.05, 3.63) is 35.9 Å². The minimum Gasteiger partial charge on any atom is -0.460 e. The van der Waals surface area contributed by atoms with E-state index in [0.717, 1.165) is 6.42 Å². The van der Waals surface area contributed by atoms with Gasteiger partial charge in [0.1, 0.15) is 5.60 Å². The molecule has 0 fully saturated rings. The Kier molecular flexibility index (Phi) is 3.97. The Morgan fingerprint density at radius 2 is 1.65 bits per heavy atom. The van der Waals surface area contributed by atoms with Crippen LogP contribution < -0.4 is 0 Å². The van der Waals surface area contributed by atoms with Gasteiger partial charge in [-0.05, 0) is 31.2 Å². The monoisotopic (exact) mass is 234 g/mol. The number of rotatable bonds is 4. The Hall–Kier alpha value is -1.31. The fourth-order valence-electron chi connectivity index (χ4n) is 2.48. The van der Waals surface area contributed by atoms with E-state index in [1.807, 2.05) is 32.0 Å². The summed E-state index contributed by atoms with van der Waals surface area (Å²) in [5.74, 6) is -0.223. The quantitative estimate of drug-likeness (QED) is 0.743. The van der Waals surface area contributed by atoms with Crippen LogP contribution in [-0.4, -0.2) is 11.6 Å². The zero-order chi connectivity index (χ0) is 13.1. The first-order valence-corrected chi connectivity index (χ1v) is 5.98. The van der Waals surface area contributed by atoms with Crippen molar-refractivity contribution in [1.29, 1.82) is 0 Å². The number of hydrogen-bond acceptors (Lipinski definition) is 2. The zero-order valence-corrected chi connectivity index (χ0v) is 11.4. The minimum absolute atomic E-state index is 0.0137. The van der Waals surface area contributed by atoms with Crippen LogP contribution in [0.25, 0.3) is 0 Å². The summed E-state index contributed by atoms with van der Waals surface area (Å²) in [6, 6.07) is 10.3. The highest BCUT2D eigenvalue weighted by molar-refractivity contribution is 5.66. The lowest BCUT2D eigenvalue weighted by atomic mass is 9.76. The van der Waals surface area contributed by atoms with Crippen LogP contribution in [0.3, 0.4) is 0 Å². The number of carbonyl (C=O) groups is 1. The molecule has 0 amide bonds. The number of ether oxygens (including phenoxy) is 1. The number of hydrogen-bond donors (Lipinski definition) is 0. The summed E-state index contributed by atoms with van der Waals surface area (Å²) in [6.45, 7) is 9.72. The minimum atomic E-state index is -0.439. The van der Waals surface area contributed by atoms with Gasteiger partial charge in [0.25, 0.3) is 0 Å². The van der Waals surface area contributed by atoms with Crippen molar-refractivity contribution >= 4 is 5.97 Å². The molecule has 0 unspecified atom stereocenters. The summed E-state index contributed by atoms with van der Waals surface area (Å²) in [7, 11) is 0. The van der Waals surface area contributed by atoms with E-state index in [-0.39, 0.29) is 11.4 Å².